The van der Waals surface area contributed by atoms with Gasteiger partial charge in [0.1, 0.15) is 4.83 Å². The minimum absolute atomic E-state index is 0.0415. The minimum atomic E-state index is -0.0415. The van der Waals surface area contributed by atoms with Gasteiger partial charge in [-0.15, -0.1) is 11.3 Å². The molecule has 0 radical (unpaired) electrons. The molecular weight excluding hydrogens is 330 g/mol. The highest BCUT2D eigenvalue weighted by Gasteiger charge is 2.16. The summed E-state index contributed by atoms with van der Waals surface area (Å²) in [6.45, 7) is 0. The molecule has 2 aromatic carbocycles. The number of aromatic nitrogens is 3. The van der Waals surface area contributed by atoms with Crippen molar-refractivity contribution in [1.29, 1.82) is 0 Å². The molecule has 0 amide bonds. The fraction of sp³-hybridized carbons (Fsp3) is 0. The molecule has 0 aliphatic rings. The van der Waals surface area contributed by atoms with E-state index in [-0.39, 0.29) is 5.56 Å². The molecule has 1 N–H and O–H groups in total. The van der Waals surface area contributed by atoms with Crippen molar-refractivity contribution in [3.63, 3.8) is 0 Å². The first-order valence-electron chi connectivity index (χ1n) is 7.95. The van der Waals surface area contributed by atoms with Gasteiger partial charge in [-0.3, -0.25) is 4.79 Å². The zero-order valence-corrected chi connectivity index (χ0v) is 14.0. The monoisotopic (exact) mass is 343 g/mol. The lowest BCUT2D eigenvalue weighted by atomic mass is 10.1. The van der Waals surface area contributed by atoms with Crippen LogP contribution >= 0.6 is 11.3 Å². The van der Waals surface area contributed by atoms with E-state index in [9.17, 15) is 4.79 Å². The molecule has 25 heavy (non-hydrogen) atoms. The summed E-state index contributed by atoms with van der Waals surface area (Å²) < 4.78 is 1.66. The van der Waals surface area contributed by atoms with Crippen LogP contribution < -0.4 is 5.56 Å². The Morgan fingerprint density at radius 2 is 1.60 bits per heavy atom. The maximum Gasteiger partial charge on any atom is 0.268 e. The molecule has 0 saturated carbocycles. The van der Waals surface area contributed by atoms with E-state index < -0.39 is 0 Å². The highest BCUT2D eigenvalue weighted by molar-refractivity contribution is 7.17. The van der Waals surface area contributed by atoms with Crippen LogP contribution in [0.4, 0.5) is 0 Å². The van der Waals surface area contributed by atoms with Gasteiger partial charge in [-0.25, -0.2) is 9.38 Å². The van der Waals surface area contributed by atoms with Crippen molar-refractivity contribution in [2.75, 3.05) is 0 Å². The summed E-state index contributed by atoms with van der Waals surface area (Å²) >= 11 is 1.53. The van der Waals surface area contributed by atoms with Crippen LogP contribution in [-0.2, 0) is 0 Å². The number of aromatic amines is 1. The average Bonchev–Trinajstić information content (AvgIpc) is 3.28. The lowest BCUT2D eigenvalue weighted by Gasteiger charge is -2.03. The van der Waals surface area contributed by atoms with Crippen LogP contribution in [0.3, 0.4) is 0 Å². The predicted octanol–water partition coefficient (Wildman–Crippen LogP) is 4.57. The van der Waals surface area contributed by atoms with Crippen LogP contribution in [0.25, 0.3) is 38.4 Å². The quantitative estimate of drug-likeness (QED) is 0.510. The van der Waals surface area contributed by atoms with Gasteiger partial charge in [-0.05, 0) is 5.56 Å². The molecule has 5 heteroatoms. The number of hydrogen-bond donors (Lipinski definition) is 1. The highest BCUT2D eigenvalue weighted by atomic mass is 32.1. The van der Waals surface area contributed by atoms with Crippen molar-refractivity contribution >= 4 is 27.3 Å². The van der Waals surface area contributed by atoms with Crippen molar-refractivity contribution in [2.24, 2.45) is 0 Å². The number of rotatable bonds is 2. The van der Waals surface area contributed by atoms with Gasteiger partial charge in [0.15, 0.2) is 0 Å². The second-order valence-electron chi connectivity index (χ2n) is 5.82. The Kier molecular flexibility index (Phi) is 3.08. The summed E-state index contributed by atoms with van der Waals surface area (Å²) in [6, 6.07) is 19.8. The van der Waals surface area contributed by atoms with E-state index in [4.69, 9.17) is 0 Å². The number of hydrogen-bond acceptors (Lipinski definition) is 3. The fourth-order valence-corrected chi connectivity index (χ4v) is 4.12. The van der Waals surface area contributed by atoms with E-state index in [0.29, 0.717) is 11.2 Å². The van der Waals surface area contributed by atoms with E-state index >= 15 is 0 Å². The van der Waals surface area contributed by atoms with E-state index in [0.717, 1.165) is 27.2 Å². The number of imidazole rings is 1. The summed E-state index contributed by atoms with van der Waals surface area (Å²) in [6.07, 6.45) is 1.74. The molecule has 120 valence electrons. The molecule has 0 saturated heterocycles. The fourth-order valence-electron chi connectivity index (χ4n) is 3.16. The Labute approximate surface area is 147 Å². The minimum Gasteiger partial charge on any atom is -0.316 e. The predicted molar refractivity (Wildman–Crippen MR) is 102 cm³/mol. The summed E-state index contributed by atoms with van der Waals surface area (Å²) in [5, 5.41) is 2.73. The molecule has 5 aromatic rings. The molecule has 0 aliphatic carbocycles. The second kappa shape index (κ2) is 5.43. The molecule has 0 unspecified atom stereocenters. The van der Waals surface area contributed by atoms with E-state index in [1.165, 1.54) is 11.3 Å². The third-order valence-corrected chi connectivity index (χ3v) is 5.24. The summed E-state index contributed by atoms with van der Waals surface area (Å²) in [4.78, 5) is 21.9. The lowest BCUT2D eigenvalue weighted by Crippen LogP contribution is -2.14. The Morgan fingerprint density at radius 1 is 0.920 bits per heavy atom. The van der Waals surface area contributed by atoms with Gasteiger partial charge in [0.2, 0.25) is 5.78 Å². The number of thiophene rings is 1. The maximum atomic E-state index is 13.3. The first kappa shape index (κ1) is 14.2. The van der Waals surface area contributed by atoms with E-state index in [1.807, 2.05) is 66.0 Å². The Morgan fingerprint density at radius 3 is 2.32 bits per heavy atom. The van der Waals surface area contributed by atoms with Gasteiger partial charge in [-0.2, -0.15) is 0 Å². The molecule has 5 rings (SSSR count). The molecule has 0 aliphatic heterocycles. The van der Waals surface area contributed by atoms with Gasteiger partial charge < -0.3 is 4.98 Å². The van der Waals surface area contributed by atoms with Crippen LogP contribution in [0.5, 0.6) is 0 Å². The van der Waals surface area contributed by atoms with Crippen molar-refractivity contribution in [1.82, 2.24) is 14.4 Å². The molecule has 4 nitrogen and oxygen atoms in total. The largest absolute Gasteiger partial charge is 0.316 e. The normalized spacial score (nSPS) is 11.4. The molecule has 0 fully saturated rings. The van der Waals surface area contributed by atoms with Crippen LogP contribution in [0.2, 0.25) is 0 Å². The van der Waals surface area contributed by atoms with Crippen molar-refractivity contribution in [3.8, 4) is 22.4 Å². The lowest BCUT2D eigenvalue weighted by molar-refractivity contribution is 1.10. The topological polar surface area (TPSA) is 50.2 Å². The summed E-state index contributed by atoms with van der Waals surface area (Å²) in [5.74, 6) is 0.567. The van der Waals surface area contributed by atoms with Gasteiger partial charge in [0.25, 0.3) is 5.56 Å². The third-order valence-electron chi connectivity index (χ3n) is 4.35. The Bertz CT molecular complexity index is 1160. The Hall–Kier alpha value is -3.18. The van der Waals surface area contributed by atoms with Crippen LogP contribution in [-0.4, -0.2) is 14.4 Å². The van der Waals surface area contributed by atoms with Gasteiger partial charge in [-0.1, -0.05) is 60.7 Å². The van der Waals surface area contributed by atoms with Crippen molar-refractivity contribution in [3.05, 3.63) is 82.6 Å². The van der Waals surface area contributed by atoms with Gasteiger partial charge in [0.05, 0.1) is 17.3 Å². The second-order valence-corrected chi connectivity index (χ2v) is 6.70. The van der Waals surface area contributed by atoms with Crippen molar-refractivity contribution < 1.29 is 0 Å². The number of benzene rings is 2. The highest BCUT2D eigenvalue weighted by Crippen LogP contribution is 2.31. The van der Waals surface area contributed by atoms with Crippen LogP contribution in [0.15, 0.2) is 77.0 Å². The number of nitrogens with one attached hydrogen (secondary N) is 1. The van der Waals surface area contributed by atoms with Crippen LogP contribution in [0.1, 0.15) is 0 Å². The standard InChI is InChI=1S/C20H13N3OS/c24-19-17-15(13-7-3-1-4-8-13)12-25-18(17)22-20-21-11-16(23(19)20)14-9-5-2-6-10-14/h1-12H,(H,21,22). The first-order valence-corrected chi connectivity index (χ1v) is 8.82. The zero-order valence-electron chi connectivity index (χ0n) is 13.1. The summed E-state index contributed by atoms with van der Waals surface area (Å²) in [7, 11) is 0. The smallest absolute Gasteiger partial charge is 0.268 e. The molecule has 3 aromatic heterocycles. The van der Waals surface area contributed by atoms with E-state index in [2.05, 4.69) is 9.97 Å². The molecule has 0 bridgehead atoms. The molecular formula is C20H13N3OS. The SMILES string of the molecule is O=c1c2c(-c3ccccc3)csc2[nH]c2ncc(-c3ccccc3)n12. The zero-order chi connectivity index (χ0) is 16.8. The van der Waals surface area contributed by atoms with Gasteiger partial charge in [0, 0.05) is 16.5 Å². The number of fused-ring (bicyclic) bond motifs is 2. The molecule has 3 heterocycles. The molecule has 0 atom stereocenters. The maximum absolute atomic E-state index is 13.3. The first-order chi connectivity index (χ1) is 12.3. The van der Waals surface area contributed by atoms with E-state index in [1.54, 1.807) is 10.6 Å². The Balaban J connectivity index is 1.87. The molecule has 0 spiro atoms. The third kappa shape index (κ3) is 2.13. The van der Waals surface area contributed by atoms with Crippen LogP contribution in [0, 0.1) is 0 Å². The number of H-pyrrole nitrogens is 1. The van der Waals surface area contributed by atoms with Gasteiger partial charge >= 0.3 is 0 Å². The summed E-state index contributed by atoms with van der Waals surface area (Å²) in [5.41, 5.74) is 3.72. The number of nitrogens with zero attached hydrogens (tertiary/aromatic N) is 2. The average molecular weight is 343 g/mol. The van der Waals surface area contributed by atoms with Crippen molar-refractivity contribution in [2.45, 2.75) is 0 Å².